The van der Waals surface area contributed by atoms with E-state index in [0.29, 0.717) is 12.1 Å². The maximum atomic E-state index is 5.28. The van der Waals surface area contributed by atoms with E-state index in [1.54, 1.807) is 0 Å². The summed E-state index contributed by atoms with van der Waals surface area (Å²) in [5.41, 5.74) is 3.08. The Morgan fingerprint density at radius 3 is 2.40 bits per heavy atom. The van der Waals surface area contributed by atoms with Gasteiger partial charge in [-0.1, -0.05) is 12.8 Å². The summed E-state index contributed by atoms with van der Waals surface area (Å²) in [5, 5.41) is 0. The van der Waals surface area contributed by atoms with Gasteiger partial charge in [-0.25, -0.2) is 0 Å². The molecule has 2 heteroatoms. The van der Waals surface area contributed by atoms with E-state index < -0.39 is 0 Å². The maximum absolute atomic E-state index is 5.28. The van der Waals surface area contributed by atoms with Gasteiger partial charge < -0.3 is 0 Å². The molecule has 0 saturated heterocycles. The molecular weight excluding hydrogens is 126 g/mol. The van der Waals surface area contributed by atoms with Gasteiger partial charge in [0.2, 0.25) is 0 Å². The molecule has 1 aliphatic rings. The van der Waals surface area contributed by atoms with Crippen LogP contribution in [0.1, 0.15) is 39.5 Å². The first-order valence-electron chi connectivity index (χ1n) is 4.20. The van der Waals surface area contributed by atoms with E-state index >= 15 is 0 Å². The highest BCUT2D eigenvalue weighted by Crippen LogP contribution is 2.17. The lowest BCUT2D eigenvalue weighted by molar-refractivity contribution is -0.0245. The largest absolute Gasteiger partial charge is 0.299 e. The summed E-state index contributed by atoms with van der Waals surface area (Å²) in [6.07, 6.45) is 5.60. The first-order valence-corrected chi connectivity index (χ1v) is 4.20. The van der Waals surface area contributed by atoms with Crippen molar-refractivity contribution in [1.82, 2.24) is 5.48 Å². The molecule has 0 aromatic carbocycles. The summed E-state index contributed by atoms with van der Waals surface area (Å²) in [5.74, 6) is 0. The third-order valence-electron chi connectivity index (χ3n) is 1.83. The van der Waals surface area contributed by atoms with Crippen LogP contribution < -0.4 is 5.48 Å². The molecule has 0 bridgehead atoms. The van der Waals surface area contributed by atoms with Gasteiger partial charge in [0.25, 0.3) is 0 Å². The summed E-state index contributed by atoms with van der Waals surface area (Å²) < 4.78 is 0. The van der Waals surface area contributed by atoms with Gasteiger partial charge in [-0.15, -0.1) is 0 Å². The highest BCUT2D eigenvalue weighted by atomic mass is 16.7. The van der Waals surface area contributed by atoms with Crippen LogP contribution in [-0.4, -0.2) is 12.1 Å². The van der Waals surface area contributed by atoms with E-state index in [2.05, 4.69) is 5.48 Å². The molecular formula is C8H17NO. The number of hydrogen-bond acceptors (Lipinski definition) is 2. The van der Waals surface area contributed by atoms with Gasteiger partial charge in [-0.3, -0.25) is 4.84 Å². The van der Waals surface area contributed by atoms with E-state index in [4.69, 9.17) is 4.84 Å². The van der Waals surface area contributed by atoms with Gasteiger partial charge in [0.1, 0.15) is 0 Å². The first-order chi connectivity index (χ1) is 4.79. The molecule has 0 atom stereocenters. The lowest BCUT2D eigenvalue weighted by Crippen LogP contribution is -2.28. The summed E-state index contributed by atoms with van der Waals surface area (Å²) in [6, 6.07) is 0.627. The first kappa shape index (κ1) is 8.02. The van der Waals surface area contributed by atoms with E-state index in [1.807, 2.05) is 13.8 Å². The second-order valence-electron chi connectivity index (χ2n) is 3.27. The van der Waals surface area contributed by atoms with Crippen LogP contribution in [0.2, 0.25) is 0 Å². The second kappa shape index (κ2) is 3.94. The molecule has 0 amide bonds. The minimum atomic E-state index is 0.306. The van der Waals surface area contributed by atoms with Crippen LogP contribution in [-0.2, 0) is 4.84 Å². The second-order valence-corrected chi connectivity index (χ2v) is 3.27. The Morgan fingerprint density at radius 2 is 1.90 bits per heavy atom. The average molecular weight is 143 g/mol. The zero-order chi connectivity index (χ0) is 7.40. The Morgan fingerprint density at radius 1 is 1.30 bits per heavy atom. The average Bonchev–Trinajstić information content (AvgIpc) is 2.34. The maximum Gasteiger partial charge on any atom is 0.0734 e. The van der Waals surface area contributed by atoms with Crippen molar-refractivity contribution in [3.63, 3.8) is 0 Å². The monoisotopic (exact) mass is 143 g/mol. The molecule has 60 valence electrons. The summed E-state index contributed by atoms with van der Waals surface area (Å²) in [4.78, 5) is 5.28. The molecule has 0 unspecified atom stereocenters. The fraction of sp³-hybridized carbons (Fsp3) is 1.00. The smallest absolute Gasteiger partial charge is 0.0734 e. The normalized spacial score (nSPS) is 20.7. The lowest BCUT2D eigenvalue weighted by atomic mass is 10.3. The molecule has 10 heavy (non-hydrogen) atoms. The SMILES string of the molecule is CC(C)ONC1CCCC1. The molecule has 0 spiro atoms. The molecule has 0 aliphatic heterocycles. The van der Waals surface area contributed by atoms with Crippen molar-refractivity contribution in [2.24, 2.45) is 0 Å². The van der Waals surface area contributed by atoms with Gasteiger partial charge in [-0.05, 0) is 26.7 Å². The van der Waals surface area contributed by atoms with Crippen LogP contribution in [0.25, 0.3) is 0 Å². The Bertz CT molecular complexity index is 87.3. The van der Waals surface area contributed by atoms with E-state index in [0.717, 1.165) is 0 Å². The summed E-state index contributed by atoms with van der Waals surface area (Å²) in [7, 11) is 0. The number of hydroxylamine groups is 1. The van der Waals surface area contributed by atoms with E-state index in [1.165, 1.54) is 25.7 Å². The Kier molecular flexibility index (Phi) is 3.16. The fourth-order valence-corrected chi connectivity index (χ4v) is 1.28. The molecule has 0 heterocycles. The van der Waals surface area contributed by atoms with Crippen molar-refractivity contribution >= 4 is 0 Å². The molecule has 1 fully saturated rings. The van der Waals surface area contributed by atoms with Crippen molar-refractivity contribution < 1.29 is 4.84 Å². The number of hydrogen-bond donors (Lipinski definition) is 1. The highest BCUT2D eigenvalue weighted by molar-refractivity contribution is 4.69. The van der Waals surface area contributed by atoms with Crippen molar-refractivity contribution in [2.45, 2.75) is 51.7 Å². The van der Waals surface area contributed by atoms with Crippen LogP contribution in [0.5, 0.6) is 0 Å². The van der Waals surface area contributed by atoms with Crippen LogP contribution in [0.4, 0.5) is 0 Å². The van der Waals surface area contributed by atoms with Gasteiger partial charge >= 0.3 is 0 Å². The zero-order valence-corrected chi connectivity index (χ0v) is 6.89. The molecule has 1 N–H and O–H groups in total. The minimum Gasteiger partial charge on any atom is -0.299 e. The van der Waals surface area contributed by atoms with Gasteiger partial charge in [0, 0.05) is 6.04 Å². The molecule has 0 radical (unpaired) electrons. The van der Waals surface area contributed by atoms with Crippen molar-refractivity contribution in [2.75, 3.05) is 0 Å². The van der Waals surface area contributed by atoms with Crippen molar-refractivity contribution in [1.29, 1.82) is 0 Å². The predicted octanol–water partition coefficient (Wildman–Crippen LogP) is 1.86. The van der Waals surface area contributed by atoms with Crippen molar-refractivity contribution in [3.05, 3.63) is 0 Å². The van der Waals surface area contributed by atoms with Gasteiger partial charge in [0.15, 0.2) is 0 Å². The quantitative estimate of drug-likeness (QED) is 0.609. The molecule has 1 rings (SSSR count). The van der Waals surface area contributed by atoms with E-state index in [-0.39, 0.29) is 0 Å². The number of rotatable bonds is 3. The molecule has 2 nitrogen and oxygen atoms in total. The predicted molar refractivity (Wildman–Crippen MR) is 41.6 cm³/mol. The Balaban J connectivity index is 2.01. The fourth-order valence-electron chi connectivity index (χ4n) is 1.28. The van der Waals surface area contributed by atoms with Crippen LogP contribution >= 0.6 is 0 Å². The van der Waals surface area contributed by atoms with Crippen LogP contribution in [0, 0.1) is 0 Å². The molecule has 0 aromatic heterocycles. The topological polar surface area (TPSA) is 21.3 Å². The third kappa shape index (κ3) is 2.67. The Hall–Kier alpha value is -0.0800. The lowest BCUT2D eigenvalue weighted by Gasteiger charge is -2.13. The highest BCUT2D eigenvalue weighted by Gasteiger charge is 2.14. The van der Waals surface area contributed by atoms with Crippen molar-refractivity contribution in [3.8, 4) is 0 Å². The molecule has 1 aliphatic carbocycles. The minimum absolute atomic E-state index is 0.306. The van der Waals surface area contributed by atoms with Gasteiger partial charge in [-0.2, -0.15) is 5.48 Å². The summed E-state index contributed by atoms with van der Waals surface area (Å²) in [6.45, 7) is 4.09. The van der Waals surface area contributed by atoms with Crippen LogP contribution in [0.15, 0.2) is 0 Å². The summed E-state index contributed by atoms with van der Waals surface area (Å²) >= 11 is 0. The number of nitrogens with one attached hydrogen (secondary N) is 1. The standard InChI is InChI=1S/C8H17NO/c1-7(2)10-9-8-5-3-4-6-8/h7-9H,3-6H2,1-2H3. The van der Waals surface area contributed by atoms with Gasteiger partial charge in [0.05, 0.1) is 6.10 Å². The molecule has 1 saturated carbocycles. The van der Waals surface area contributed by atoms with Crippen LogP contribution in [0.3, 0.4) is 0 Å². The molecule has 0 aromatic rings. The zero-order valence-electron chi connectivity index (χ0n) is 6.89. The third-order valence-corrected chi connectivity index (χ3v) is 1.83. The van der Waals surface area contributed by atoms with E-state index in [9.17, 15) is 0 Å². The Labute approximate surface area is 62.9 Å².